The molecule has 0 aromatic heterocycles. The summed E-state index contributed by atoms with van der Waals surface area (Å²) in [6.45, 7) is 7.40. The van der Waals surface area contributed by atoms with Gasteiger partial charge in [0.2, 0.25) is 0 Å². The Balaban J connectivity index is 3.81. The zero-order valence-corrected chi connectivity index (χ0v) is 7.20. The van der Waals surface area contributed by atoms with Crippen molar-refractivity contribution in [1.29, 1.82) is 0 Å². The minimum atomic E-state index is -0.329. The molecule has 0 rings (SSSR count). The second kappa shape index (κ2) is 3.94. The van der Waals surface area contributed by atoms with Crippen molar-refractivity contribution in [2.24, 2.45) is 11.8 Å². The molecule has 0 aliphatic heterocycles. The fraction of sp³-hybridized carbons (Fsp3) is 1.00. The van der Waals surface area contributed by atoms with Crippen molar-refractivity contribution in [2.45, 2.75) is 39.9 Å². The topological polar surface area (TPSA) is 40.5 Å². The lowest BCUT2D eigenvalue weighted by Gasteiger charge is -2.24. The Morgan fingerprint density at radius 2 is 0.900 bits per heavy atom. The number of aliphatic hydroxyl groups excluding tert-OH is 2. The van der Waals surface area contributed by atoms with Crippen molar-refractivity contribution >= 4 is 0 Å². The van der Waals surface area contributed by atoms with Gasteiger partial charge in [-0.3, -0.25) is 0 Å². The maximum Gasteiger partial charge on any atom is 0.0541 e. The Bertz CT molecular complexity index is 77.3. The molecule has 0 aromatic carbocycles. The summed E-state index contributed by atoms with van der Waals surface area (Å²) in [5.74, 6) is 0.333. The predicted octanol–water partition coefficient (Wildman–Crippen LogP) is 1.02. The molecule has 0 heterocycles. The molecule has 0 aromatic rings. The van der Waals surface area contributed by atoms with Gasteiger partial charge in [0, 0.05) is 0 Å². The molecular formula is C8H18O2. The van der Waals surface area contributed by atoms with E-state index >= 15 is 0 Å². The zero-order valence-electron chi connectivity index (χ0n) is 7.20. The smallest absolute Gasteiger partial charge is 0.0541 e. The summed E-state index contributed by atoms with van der Waals surface area (Å²) in [6, 6.07) is 0. The normalized spacial score (nSPS) is 23.4. The van der Waals surface area contributed by atoms with Gasteiger partial charge in [0.15, 0.2) is 0 Å². The fourth-order valence-electron chi connectivity index (χ4n) is 0.879. The third-order valence-electron chi connectivity index (χ3n) is 2.35. The molecule has 4 atom stereocenters. The number of hydrogen-bond acceptors (Lipinski definition) is 2. The molecule has 0 radical (unpaired) electrons. The van der Waals surface area contributed by atoms with Crippen LogP contribution in [0.15, 0.2) is 0 Å². The Morgan fingerprint density at radius 1 is 0.700 bits per heavy atom. The van der Waals surface area contributed by atoms with Crippen LogP contribution in [0.5, 0.6) is 0 Å². The van der Waals surface area contributed by atoms with Gasteiger partial charge in [-0.05, 0) is 25.7 Å². The minimum absolute atomic E-state index is 0.167. The van der Waals surface area contributed by atoms with E-state index in [9.17, 15) is 0 Å². The lowest BCUT2D eigenvalue weighted by atomic mass is 9.88. The summed E-state index contributed by atoms with van der Waals surface area (Å²) >= 11 is 0. The SMILES string of the molecule is CC(O)C(C)C(C)C(C)O. The highest BCUT2D eigenvalue weighted by molar-refractivity contribution is 4.70. The van der Waals surface area contributed by atoms with Crippen molar-refractivity contribution in [2.75, 3.05) is 0 Å². The highest BCUT2D eigenvalue weighted by Crippen LogP contribution is 2.18. The van der Waals surface area contributed by atoms with E-state index in [2.05, 4.69) is 0 Å². The number of hydrogen-bond donors (Lipinski definition) is 2. The molecular weight excluding hydrogens is 128 g/mol. The van der Waals surface area contributed by atoms with Crippen LogP contribution in [0.4, 0.5) is 0 Å². The van der Waals surface area contributed by atoms with Crippen LogP contribution in [0.3, 0.4) is 0 Å². The maximum atomic E-state index is 9.13. The molecule has 2 nitrogen and oxygen atoms in total. The molecule has 2 heteroatoms. The first-order valence-electron chi connectivity index (χ1n) is 3.83. The molecule has 0 spiro atoms. The van der Waals surface area contributed by atoms with Gasteiger partial charge in [-0.15, -0.1) is 0 Å². The Hall–Kier alpha value is -0.0800. The van der Waals surface area contributed by atoms with Gasteiger partial charge < -0.3 is 10.2 Å². The quantitative estimate of drug-likeness (QED) is 0.624. The first-order valence-corrected chi connectivity index (χ1v) is 3.83. The van der Waals surface area contributed by atoms with Gasteiger partial charge in [0.1, 0.15) is 0 Å². The van der Waals surface area contributed by atoms with Crippen molar-refractivity contribution in [3.05, 3.63) is 0 Å². The van der Waals surface area contributed by atoms with Gasteiger partial charge in [-0.2, -0.15) is 0 Å². The van der Waals surface area contributed by atoms with Crippen LogP contribution < -0.4 is 0 Å². The standard InChI is InChI=1S/C8H18O2/c1-5(7(3)9)6(2)8(4)10/h5-10H,1-4H3. The van der Waals surface area contributed by atoms with Crippen molar-refractivity contribution in [3.8, 4) is 0 Å². The average molecular weight is 146 g/mol. The third-order valence-corrected chi connectivity index (χ3v) is 2.35. The molecule has 0 aliphatic rings. The van der Waals surface area contributed by atoms with Gasteiger partial charge in [-0.25, -0.2) is 0 Å². The second-order valence-corrected chi connectivity index (χ2v) is 3.20. The second-order valence-electron chi connectivity index (χ2n) is 3.20. The van der Waals surface area contributed by atoms with Gasteiger partial charge in [-0.1, -0.05) is 13.8 Å². The molecule has 62 valence electrons. The lowest BCUT2D eigenvalue weighted by molar-refractivity contribution is 0.0398. The maximum absolute atomic E-state index is 9.13. The monoisotopic (exact) mass is 146 g/mol. The first-order chi connectivity index (χ1) is 4.46. The third kappa shape index (κ3) is 2.67. The van der Waals surface area contributed by atoms with E-state index in [0.29, 0.717) is 0 Å². The summed E-state index contributed by atoms with van der Waals surface area (Å²) in [6.07, 6.45) is -0.658. The molecule has 0 saturated heterocycles. The first kappa shape index (κ1) is 9.92. The van der Waals surface area contributed by atoms with Crippen LogP contribution in [0, 0.1) is 11.8 Å². The Kier molecular flexibility index (Phi) is 3.91. The van der Waals surface area contributed by atoms with Crippen molar-refractivity contribution < 1.29 is 10.2 Å². The Labute approximate surface area is 62.9 Å². The molecule has 0 fully saturated rings. The summed E-state index contributed by atoms with van der Waals surface area (Å²) in [5, 5.41) is 18.3. The van der Waals surface area contributed by atoms with Crippen LogP contribution in [0.2, 0.25) is 0 Å². The zero-order chi connectivity index (χ0) is 8.31. The minimum Gasteiger partial charge on any atom is -0.393 e. The highest BCUT2D eigenvalue weighted by atomic mass is 16.3. The van der Waals surface area contributed by atoms with E-state index in [0.717, 1.165) is 0 Å². The molecule has 2 N–H and O–H groups in total. The Morgan fingerprint density at radius 3 is 1.00 bits per heavy atom. The van der Waals surface area contributed by atoms with Crippen LogP contribution >= 0.6 is 0 Å². The molecule has 0 bridgehead atoms. The molecule has 0 saturated carbocycles. The van der Waals surface area contributed by atoms with Crippen LogP contribution in [-0.4, -0.2) is 22.4 Å². The summed E-state index contributed by atoms with van der Waals surface area (Å²) in [7, 11) is 0. The molecule has 4 unspecified atom stereocenters. The predicted molar refractivity (Wildman–Crippen MR) is 41.7 cm³/mol. The molecule has 10 heavy (non-hydrogen) atoms. The molecule has 0 aliphatic carbocycles. The van der Waals surface area contributed by atoms with E-state index in [1.54, 1.807) is 13.8 Å². The summed E-state index contributed by atoms with van der Waals surface area (Å²) in [4.78, 5) is 0. The van der Waals surface area contributed by atoms with Gasteiger partial charge in [0.25, 0.3) is 0 Å². The van der Waals surface area contributed by atoms with Gasteiger partial charge >= 0.3 is 0 Å². The van der Waals surface area contributed by atoms with Crippen LogP contribution in [-0.2, 0) is 0 Å². The average Bonchev–Trinajstić information content (AvgIpc) is 1.84. The number of aliphatic hydroxyl groups is 2. The summed E-state index contributed by atoms with van der Waals surface area (Å²) < 4.78 is 0. The van der Waals surface area contributed by atoms with E-state index in [1.165, 1.54) is 0 Å². The van der Waals surface area contributed by atoms with Crippen molar-refractivity contribution in [3.63, 3.8) is 0 Å². The van der Waals surface area contributed by atoms with E-state index in [1.807, 2.05) is 13.8 Å². The van der Waals surface area contributed by atoms with Crippen LogP contribution in [0.1, 0.15) is 27.7 Å². The van der Waals surface area contributed by atoms with Gasteiger partial charge in [0.05, 0.1) is 12.2 Å². The van der Waals surface area contributed by atoms with E-state index in [-0.39, 0.29) is 24.0 Å². The highest BCUT2D eigenvalue weighted by Gasteiger charge is 2.20. The van der Waals surface area contributed by atoms with E-state index < -0.39 is 0 Å². The van der Waals surface area contributed by atoms with Crippen molar-refractivity contribution in [1.82, 2.24) is 0 Å². The number of rotatable bonds is 3. The summed E-state index contributed by atoms with van der Waals surface area (Å²) in [5.41, 5.74) is 0. The van der Waals surface area contributed by atoms with Crippen LogP contribution in [0.25, 0.3) is 0 Å². The largest absolute Gasteiger partial charge is 0.393 e. The molecule has 0 amide bonds. The lowest BCUT2D eigenvalue weighted by Crippen LogP contribution is -2.28. The van der Waals surface area contributed by atoms with E-state index in [4.69, 9.17) is 10.2 Å². The fourth-order valence-corrected chi connectivity index (χ4v) is 0.879.